The predicted molar refractivity (Wildman–Crippen MR) is 551 cm³/mol. The number of ether oxygens (including phenoxy) is 2. The molecule has 0 saturated heterocycles. The maximum absolute atomic E-state index is 14.4. The van der Waals surface area contributed by atoms with Gasteiger partial charge in [0.1, 0.15) is 46.0 Å². The van der Waals surface area contributed by atoms with Gasteiger partial charge in [0.05, 0.1) is 16.5 Å². The Kier molecular flexibility index (Phi) is 32.1. The summed E-state index contributed by atoms with van der Waals surface area (Å²) in [6, 6.07) is 96.7. The third-order valence-electron chi connectivity index (χ3n) is 26.0. The summed E-state index contributed by atoms with van der Waals surface area (Å²) in [5.74, 6) is 0.218. The van der Waals surface area contributed by atoms with Gasteiger partial charge < -0.3 is 29.9 Å². The molecule has 1 aliphatic rings. The van der Waals surface area contributed by atoms with Gasteiger partial charge in [0.15, 0.2) is 57.8 Å². The second-order valence-electron chi connectivity index (χ2n) is 36.0. The minimum absolute atomic E-state index is 0.0177. The fourth-order valence-electron chi connectivity index (χ4n) is 18.1. The molecular formula is C125H100F6O16. The van der Waals surface area contributed by atoms with Crippen LogP contribution in [0.5, 0.6) is 46.0 Å². The Labute approximate surface area is 845 Å². The number of phenols is 4. The third-order valence-corrected chi connectivity index (χ3v) is 26.0. The Morgan fingerprint density at radius 2 is 0.490 bits per heavy atom. The summed E-state index contributed by atoms with van der Waals surface area (Å²) in [4.78, 5) is 127. The van der Waals surface area contributed by atoms with Crippen molar-refractivity contribution in [3.63, 3.8) is 0 Å². The smallest absolute Gasteiger partial charge is 0.417 e. The lowest BCUT2D eigenvalue weighted by molar-refractivity contribution is -0.139. The highest BCUT2D eigenvalue weighted by atomic mass is 19.4. The monoisotopic (exact) mass is 1970 g/mol. The van der Waals surface area contributed by atoms with E-state index in [0.717, 1.165) is 80.9 Å². The Morgan fingerprint density at radius 3 is 0.823 bits per heavy atom. The van der Waals surface area contributed by atoms with E-state index in [4.69, 9.17) is 9.47 Å². The second-order valence-corrected chi connectivity index (χ2v) is 36.0. The van der Waals surface area contributed by atoms with Crippen LogP contribution in [0.15, 0.2) is 352 Å². The predicted octanol–water partition coefficient (Wildman–Crippen LogP) is 27.8. The molecule has 0 aliphatic heterocycles. The van der Waals surface area contributed by atoms with Gasteiger partial charge in [-0.1, -0.05) is 257 Å². The first-order valence-corrected chi connectivity index (χ1v) is 47.7. The summed E-state index contributed by atoms with van der Waals surface area (Å²) in [7, 11) is 0. The van der Waals surface area contributed by atoms with Crippen molar-refractivity contribution in [3.8, 4) is 68.2 Å². The standard InChI is InChI=1S/C46H38O7.C42H32F6O5.C37H30O4/c1-3-31-10-15-39(16-11-31)52-41-19-21-42(22-20-41)53-40-17-12-32(13-18-40)25-44(49)36-8-5-9-37(28-36)46(51)29-38-24-33(14-23-43(38)48)26-45(50)35-7-4-6-34(27-35)30(2)47;1-3-28-16-25(12-15-37(28)50)19-38(51)31-8-5-9-32(23-31)40(53)21-27-11-14-34(36(18-27)42(46,47)48)33-13-10-26(17-35(33)41(43,44)45)20-39(52)30-7-4-6-29(22-30)24(2)49;1-3-24-20-28(15-17-34(24)39)37(32-13-6-4-11-30(32)31-12-5-7-14-33(31)37)29-16-18-35(40)27(21-29)22-36(41)26-10-8-9-25(19-26)23(2)38/h4-24,27-28,48H,3,25-26,29H2,1-2H3;4-18,22-23,50H,3,19-21H2,1-2H3;4-21,39-40H,3,22H2,1-2H3. The van der Waals surface area contributed by atoms with E-state index in [0.29, 0.717) is 103 Å². The van der Waals surface area contributed by atoms with Crippen molar-refractivity contribution in [3.05, 3.63) is 496 Å². The number of aromatic hydroxyl groups is 4. The van der Waals surface area contributed by atoms with Crippen LogP contribution in [0.3, 0.4) is 0 Å². The molecule has 1 aliphatic carbocycles. The molecule has 0 fully saturated rings. The van der Waals surface area contributed by atoms with E-state index in [1.165, 1.54) is 87.0 Å². The van der Waals surface area contributed by atoms with Gasteiger partial charge in [-0.15, -0.1) is 0 Å². The molecule has 0 radical (unpaired) electrons. The van der Waals surface area contributed by atoms with Crippen LogP contribution in [0.4, 0.5) is 26.3 Å². The van der Waals surface area contributed by atoms with Crippen molar-refractivity contribution in [1.29, 1.82) is 0 Å². The highest BCUT2D eigenvalue weighted by Gasteiger charge is 2.47. The minimum atomic E-state index is -5.11. The first-order valence-electron chi connectivity index (χ1n) is 47.7. The number of aryl methyl sites for hydroxylation is 3. The molecule has 16 nitrogen and oxygen atoms in total. The lowest BCUT2D eigenvalue weighted by Gasteiger charge is -2.34. The van der Waals surface area contributed by atoms with E-state index in [-0.39, 0.29) is 135 Å². The number of benzene rings is 16. The van der Waals surface area contributed by atoms with E-state index < -0.39 is 64.4 Å². The Bertz CT molecular complexity index is 7740. The number of fused-ring (bicyclic) bond motifs is 3. The maximum Gasteiger partial charge on any atom is 0.417 e. The minimum Gasteiger partial charge on any atom is -0.508 e. The number of hydrogen-bond donors (Lipinski definition) is 4. The number of Topliss-reactive ketones (excluding diaryl/α,β-unsaturated/α-hetero) is 10. The van der Waals surface area contributed by atoms with Gasteiger partial charge in [0.25, 0.3) is 0 Å². The molecule has 0 saturated carbocycles. The van der Waals surface area contributed by atoms with E-state index in [1.54, 1.807) is 121 Å². The van der Waals surface area contributed by atoms with Crippen LogP contribution < -0.4 is 9.47 Å². The lowest BCUT2D eigenvalue weighted by Crippen LogP contribution is -2.29. The zero-order chi connectivity index (χ0) is 105. The topological polar surface area (TPSA) is 270 Å². The Hall–Kier alpha value is -17.4. The lowest BCUT2D eigenvalue weighted by atomic mass is 9.67. The molecule has 17 rings (SSSR count). The summed E-state index contributed by atoms with van der Waals surface area (Å²) in [5, 5.41) is 42.0. The first-order chi connectivity index (χ1) is 70.4. The van der Waals surface area contributed by atoms with Crippen molar-refractivity contribution in [2.75, 3.05) is 0 Å². The van der Waals surface area contributed by atoms with E-state index in [9.17, 15) is 94.7 Å². The number of alkyl halides is 6. The van der Waals surface area contributed by atoms with E-state index in [2.05, 4.69) is 37.3 Å². The largest absolute Gasteiger partial charge is 0.508 e. The zero-order valence-corrected chi connectivity index (χ0v) is 81.0. The molecule has 16 aromatic carbocycles. The summed E-state index contributed by atoms with van der Waals surface area (Å²) >= 11 is 0. The molecule has 0 aromatic heterocycles. The number of carbonyl (C=O) groups excluding carboxylic acids is 10. The fourth-order valence-corrected chi connectivity index (χ4v) is 18.1. The number of ketones is 10. The van der Waals surface area contributed by atoms with Crippen LogP contribution in [0.2, 0.25) is 0 Å². The molecule has 0 spiro atoms. The molecule has 0 heterocycles. The van der Waals surface area contributed by atoms with Gasteiger partial charge in [-0.05, 0) is 244 Å². The second kappa shape index (κ2) is 45.5. The van der Waals surface area contributed by atoms with Crippen molar-refractivity contribution in [2.24, 2.45) is 0 Å². The number of phenolic OH excluding ortho intramolecular Hbond substituents is 4. The van der Waals surface area contributed by atoms with Crippen LogP contribution >= 0.6 is 0 Å². The number of rotatable bonds is 34. The molecule has 16 aromatic rings. The highest BCUT2D eigenvalue weighted by Crippen LogP contribution is 2.57. The zero-order valence-electron chi connectivity index (χ0n) is 81.0. The SMILES string of the molecule is CCc1cc(C2(c3ccc(O)c(CC(=O)c4cccc(C(C)=O)c4)c3)c3ccccc3-c3ccccc32)ccc1O.CCc1cc(CC(=O)c2cccc(C(=O)Cc3ccc(-c4ccc(CC(=O)c5cccc(C(C)=O)c5)cc4C(F)(F)F)c(C(F)(F)F)c3)c2)ccc1O.CCc1ccc(Oc2ccc(Oc3ccc(CC(=O)c4cccc(C(=O)Cc5cc(CC(=O)c6cccc(C(C)=O)c6)ccc5O)c4)cc3)cc2)cc1. The van der Waals surface area contributed by atoms with Crippen molar-refractivity contribution in [2.45, 2.75) is 124 Å². The molecule has 0 bridgehead atoms. The first kappa shape index (κ1) is 104. The molecular weight excluding hydrogens is 1870 g/mol. The third kappa shape index (κ3) is 24.7. The number of hydrogen-bond acceptors (Lipinski definition) is 16. The summed E-state index contributed by atoms with van der Waals surface area (Å²) in [5.41, 5.74) is 9.97. The normalized spacial score (nSPS) is 11.7. The Morgan fingerprint density at radius 1 is 0.238 bits per heavy atom. The number of halogens is 6. The van der Waals surface area contributed by atoms with Crippen LogP contribution in [0, 0.1) is 0 Å². The average molecular weight is 1970 g/mol. The van der Waals surface area contributed by atoms with Crippen molar-refractivity contribution < 1.29 is 104 Å². The molecule has 0 atom stereocenters. The molecule has 22 heteroatoms. The van der Waals surface area contributed by atoms with Crippen LogP contribution in [-0.4, -0.2) is 78.3 Å². The van der Waals surface area contributed by atoms with Crippen molar-refractivity contribution in [1.82, 2.24) is 0 Å². The maximum atomic E-state index is 14.4. The quantitative estimate of drug-likeness (QED) is 0.0216. The van der Waals surface area contributed by atoms with Crippen LogP contribution in [0.25, 0.3) is 22.3 Å². The van der Waals surface area contributed by atoms with Gasteiger partial charge in [-0.25, -0.2) is 0 Å². The molecule has 4 N–H and O–H groups in total. The highest BCUT2D eigenvalue weighted by molar-refractivity contribution is 6.07. The van der Waals surface area contributed by atoms with Gasteiger partial charge >= 0.3 is 12.4 Å². The van der Waals surface area contributed by atoms with E-state index in [1.807, 2.05) is 117 Å². The fraction of sp³-hybridized carbons (Fsp3) is 0.152. The molecule has 0 unspecified atom stereocenters. The Balaban J connectivity index is 0.000000167. The van der Waals surface area contributed by atoms with Gasteiger partial charge in [-0.3, -0.25) is 47.9 Å². The van der Waals surface area contributed by atoms with Crippen LogP contribution in [-0.2, 0) is 82.0 Å². The average Bonchev–Trinajstić information content (AvgIpc) is 1.54. The van der Waals surface area contributed by atoms with Gasteiger partial charge in [0, 0.05) is 112 Å². The molecule has 0 amide bonds. The van der Waals surface area contributed by atoms with Crippen LogP contribution in [0.1, 0.15) is 234 Å². The molecule has 738 valence electrons. The van der Waals surface area contributed by atoms with Gasteiger partial charge in [-0.2, -0.15) is 26.3 Å². The number of carbonyl (C=O) groups is 10. The van der Waals surface area contributed by atoms with E-state index >= 15 is 0 Å². The summed E-state index contributed by atoms with van der Waals surface area (Å²) < 4.78 is 98.3. The summed E-state index contributed by atoms with van der Waals surface area (Å²) in [6.07, 6.45) is -9.01. The van der Waals surface area contributed by atoms with Gasteiger partial charge in [0.2, 0.25) is 0 Å². The molecule has 147 heavy (non-hydrogen) atoms. The summed E-state index contributed by atoms with van der Waals surface area (Å²) in [6.45, 7) is 10.2. The van der Waals surface area contributed by atoms with Crippen molar-refractivity contribution >= 4 is 57.8 Å².